The lowest BCUT2D eigenvalue weighted by molar-refractivity contribution is -0.118. The SMILES string of the molecule is COc1cc(-c2cc(C(=O)OCC(=O)c3ccc4c(c3)NC(=O)CO4)c3ccccc3n2)cc(OC)c1OC. The zero-order chi connectivity index (χ0) is 27.5. The average Bonchev–Trinajstić information content (AvgIpc) is 2.97. The molecular formula is C29H24N2O8. The van der Waals surface area contributed by atoms with Crippen LogP contribution in [0, 0.1) is 0 Å². The van der Waals surface area contributed by atoms with Crippen LogP contribution in [-0.4, -0.2) is 57.2 Å². The molecule has 1 aromatic heterocycles. The molecule has 0 aliphatic carbocycles. The highest BCUT2D eigenvalue weighted by molar-refractivity contribution is 6.06. The number of anilines is 1. The van der Waals surface area contributed by atoms with Crippen molar-refractivity contribution in [2.45, 2.75) is 0 Å². The summed E-state index contributed by atoms with van der Waals surface area (Å²) >= 11 is 0. The number of esters is 1. The van der Waals surface area contributed by atoms with Crippen molar-refractivity contribution >= 4 is 34.3 Å². The molecular weight excluding hydrogens is 504 g/mol. The van der Waals surface area contributed by atoms with Crippen LogP contribution >= 0.6 is 0 Å². The van der Waals surface area contributed by atoms with Crippen molar-refractivity contribution in [3.8, 4) is 34.3 Å². The number of fused-ring (bicyclic) bond motifs is 2. The molecule has 1 aliphatic heterocycles. The van der Waals surface area contributed by atoms with Crippen LogP contribution in [-0.2, 0) is 9.53 Å². The number of benzene rings is 3. The van der Waals surface area contributed by atoms with E-state index >= 15 is 0 Å². The van der Waals surface area contributed by atoms with E-state index in [1.165, 1.54) is 27.4 Å². The number of para-hydroxylation sites is 1. The number of Topliss-reactive ketones (excluding diaryl/α,β-unsaturated/α-hetero) is 1. The first-order valence-electron chi connectivity index (χ1n) is 11.9. The molecule has 10 heteroatoms. The maximum Gasteiger partial charge on any atom is 0.339 e. The van der Waals surface area contributed by atoms with Gasteiger partial charge in [-0.25, -0.2) is 9.78 Å². The summed E-state index contributed by atoms with van der Waals surface area (Å²) in [5.41, 5.74) is 2.55. The number of carbonyl (C=O) groups excluding carboxylic acids is 3. The number of hydrogen-bond acceptors (Lipinski definition) is 9. The smallest absolute Gasteiger partial charge is 0.339 e. The molecule has 0 saturated carbocycles. The topological polar surface area (TPSA) is 122 Å². The Hall–Kier alpha value is -5.12. The molecule has 0 spiro atoms. The van der Waals surface area contributed by atoms with E-state index in [2.05, 4.69) is 5.32 Å². The molecule has 1 amide bonds. The zero-order valence-corrected chi connectivity index (χ0v) is 21.4. The Bertz CT molecular complexity index is 1590. The van der Waals surface area contributed by atoms with Crippen molar-refractivity contribution in [1.82, 2.24) is 4.98 Å². The highest BCUT2D eigenvalue weighted by atomic mass is 16.5. The Balaban J connectivity index is 1.44. The second-order valence-corrected chi connectivity index (χ2v) is 8.53. The Morgan fingerprint density at radius 2 is 1.69 bits per heavy atom. The van der Waals surface area contributed by atoms with E-state index < -0.39 is 18.4 Å². The fourth-order valence-corrected chi connectivity index (χ4v) is 4.27. The first-order valence-corrected chi connectivity index (χ1v) is 11.9. The molecule has 0 fully saturated rings. The first kappa shape index (κ1) is 25.5. The van der Waals surface area contributed by atoms with Gasteiger partial charge in [0.05, 0.1) is 43.8 Å². The summed E-state index contributed by atoms with van der Waals surface area (Å²) in [6, 6.07) is 16.8. The molecule has 198 valence electrons. The van der Waals surface area contributed by atoms with Crippen molar-refractivity contribution < 1.29 is 38.1 Å². The van der Waals surface area contributed by atoms with Gasteiger partial charge in [0, 0.05) is 16.5 Å². The van der Waals surface area contributed by atoms with E-state index in [-0.39, 0.29) is 23.6 Å². The monoisotopic (exact) mass is 528 g/mol. The van der Waals surface area contributed by atoms with Crippen molar-refractivity contribution in [3.63, 3.8) is 0 Å². The van der Waals surface area contributed by atoms with Gasteiger partial charge in [-0.1, -0.05) is 18.2 Å². The van der Waals surface area contributed by atoms with E-state index in [9.17, 15) is 14.4 Å². The van der Waals surface area contributed by atoms with E-state index in [0.717, 1.165) is 0 Å². The Morgan fingerprint density at radius 3 is 2.41 bits per heavy atom. The van der Waals surface area contributed by atoms with Gasteiger partial charge >= 0.3 is 5.97 Å². The summed E-state index contributed by atoms with van der Waals surface area (Å²) in [6.45, 7) is -0.585. The summed E-state index contributed by atoms with van der Waals surface area (Å²) in [5, 5.41) is 3.22. The molecule has 0 unspecified atom stereocenters. The number of aromatic nitrogens is 1. The fraction of sp³-hybridized carbons (Fsp3) is 0.172. The lowest BCUT2D eigenvalue weighted by atomic mass is 10.0. The highest BCUT2D eigenvalue weighted by Gasteiger charge is 2.21. The lowest BCUT2D eigenvalue weighted by Gasteiger charge is -2.18. The summed E-state index contributed by atoms with van der Waals surface area (Å²) in [7, 11) is 4.54. The lowest BCUT2D eigenvalue weighted by Crippen LogP contribution is -2.25. The van der Waals surface area contributed by atoms with Gasteiger partial charge in [0.1, 0.15) is 5.75 Å². The molecule has 0 atom stereocenters. The summed E-state index contributed by atoms with van der Waals surface area (Å²) < 4.78 is 27.1. The molecule has 0 radical (unpaired) electrons. The van der Waals surface area contributed by atoms with Gasteiger partial charge in [0.2, 0.25) is 5.75 Å². The second-order valence-electron chi connectivity index (χ2n) is 8.53. The number of amides is 1. The largest absolute Gasteiger partial charge is 0.493 e. The minimum absolute atomic E-state index is 0.0874. The van der Waals surface area contributed by atoms with Gasteiger partial charge in [0.25, 0.3) is 5.91 Å². The van der Waals surface area contributed by atoms with Crippen LogP contribution in [0.4, 0.5) is 5.69 Å². The summed E-state index contributed by atoms with van der Waals surface area (Å²) in [4.78, 5) is 42.4. The normalized spacial score (nSPS) is 12.1. The third-order valence-corrected chi connectivity index (χ3v) is 6.17. The summed E-state index contributed by atoms with van der Waals surface area (Å²) in [5.74, 6) is 0.318. The van der Waals surface area contributed by atoms with Crippen LogP contribution in [0.3, 0.4) is 0 Å². The molecule has 2 heterocycles. The van der Waals surface area contributed by atoms with Gasteiger partial charge in [0.15, 0.2) is 30.5 Å². The Morgan fingerprint density at radius 1 is 0.949 bits per heavy atom. The van der Waals surface area contributed by atoms with Gasteiger partial charge in [-0.15, -0.1) is 0 Å². The predicted octanol–water partition coefficient (Wildman–Crippen LogP) is 4.30. The summed E-state index contributed by atoms with van der Waals surface area (Å²) in [6.07, 6.45) is 0. The molecule has 0 saturated heterocycles. The molecule has 5 rings (SSSR count). The molecule has 4 aromatic rings. The number of hydrogen-bond donors (Lipinski definition) is 1. The van der Waals surface area contributed by atoms with Crippen molar-refractivity contribution in [3.05, 3.63) is 71.8 Å². The van der Waals surface area contributed by atoms with Gasteiger partial charge in [-0.2, -0.15) is 0 Å². The number of nitrogens with zero attached hydrogens (tertiary/aromatic N) is 1. The number of ketones is 1. The van der Waals surface area contributed by atoms with Crippen LogP contribution in [0.25, 0.3) is 22.2 Å². The van der Waals surface area contributed by atoms with Crippen LogP contribution in [0.5, 0.6) is 23.0 Å². The van der Waals surface area contributed by atoms with Crippen LogP contribution in [0.15, 0.2) is 60.7 Å². The number of carbonyl (C=O) groups is 3. The standard InChI is InChI=1S/C29H24N2O8/c1-35-25-11-17(12-26(36-2)28(25)37-3)21-13-19(18-6-4-5-7-20(18)30-21)29(34)39-14-23(32)16-8-9-24-22(10-16)31-27(33)15-38-24/h4-13H,14-15H2,1-3H3,(H,31,33). The Labute approximate surface area is 223 Å². The fourth-order valence-electron chi connectivity index (χ4n) is 4.27. The highest BCUT2D eigenvalue weighted by Crippen LogP contribution is 2.41. The van der Waals surface area contributed by atoms with Crippen molar-refractivity contribution in [2.24, 2.45) is 0 Å². The van der Waals surface area contributed by atoms with Crippen LogP contribution in [0.1, 0.15) is 20.7 Å². The quantitative estimate of drug-likeness (QED) is 0.263. The first-order chi connectivity index (χ1) is 18.9. The van der Waals surface area contributed by atoms with Crippen LogP contribution < -0.4 is 24.3 Å². The molecule has 10 nitrogen and oxygen atoms in total. The molecule has 1 N–H and O–H groups in total. The number of methoxy groups -OCH3 is 3. The molecule has 3 aromatic carbocycles. The number of pyridine rings is 1. The zero-order valence-electron chi connectivity index (χ0n) is 21.4. The molecule has 0 bridgehead atoms. The van der Waals surface area contributed by atoms with Gasteiger partial charge in [-0.05, 0) is 42.5 Å². The van der Waals surface area contributed by atoms with Gasteiger partial charge < -0.3 is 29.0 Å². The number of nitrogens with one attached hydrogen (secondary N) is 1. The number of ether oxygens (including phenoxy) is 5. The number of rotatable bonds is 8. The van der Waals surface area contributed by atoms with E-state index in [1.54, 1.807) is 48.5 Å². The minimum atomic E-state index is -0.690. The van der Waals surface area contributed by atoms with E-state index in [4.69, 9.17) is 28.7 Å². The van der Waals surface area contributed by atoms with Gasteiger partial charge in [-0.3, -0.25) is 9.59 Å². The van der Waals surface area contributed by atoms with Crippen molar-refractivity contribution in [1.29, 1.82) is 0 Å². The average molecular weight is 529 g/mol. The third kappa shape index (κ3) is 5.04. The maximum atomic E-state index is 13.3. The molecule has 1 aliphatic rings. The maximum absolute atomic E-state index is 13.3. The van der Waals surface area contributed by atoms with E-state index in [0.29, 0.717) is 50.8 Å². The van der Waals surface area contributed by atoms with Crippen molar-refractivity contribution in [2.75, 3.05) is 39.9 Å². The minimum Gasteiger partial charge on any atom is -0.493 e. The van der Waals surface area contributed by atoms with Crippen LogP contribution in [0.2, 0.25) is 0 Å². The van der Waals surface area contributed by atoms with E-state index in [1.807, 2.05) is 6.07 Å². The molecule has 39 heavy (non-hydrogen) atoms. The Kier molecular flexibility index (Phi) is 7.00. The predicted molar refractivity (Wildman–Crippen MR) is 142 cm³/mol. The third-order valence-electron chi connectivity index (χ3n) is 6.17. The second kappa shape index (κ2) is 10.7.